The van der Waals surface area contributed by atoms with Crippen molar-refractivity contribution in [2.75, 3.05) is 32.2 Å². The molecule has 0 radical (unpaired) electrons. The summed E-state index contributed by atoms with van der Waals surface area (Å²) in [7, 11) is 1.44. The highest BCUT2D eigenvalue weighted by Gasteiger charge is 2.26. The molecule has 0 spiro atoms. The van der Waals surface area contributed by atoms with E-state index in [1.165, 1.54) is 7.11 Å². The van der Waals surface area contributed by atoms with Crippen LogP contribution in [0.4, 0.5) is 5.69 Å². The number of benzene rings is 1. The molecule has 0 saturated carbocycles. The number of morpholine rings is 1. The zero-order chi connectivity index (χ0) is 15.2. The van der Waals surface area contributed by atoms with Crippen molar-refractivity contribution in [2.45, 2.75) is 12.1 Å². The summed E-state index contributed by atoms with van der Waals surface area (Å²) in [6, 6.07) is 6.26. The molecule has 21 heavy (non-hydrogen) atoms. The lowest BCUT2D eigenvalue weighted by molar-refractivity contribution is -0.133. The first-order valence-corrected chi connectivity index (χ1v) is 6.54. The number of aliphatic hydroxyl groups excluding tert-OH is 1. The first-order chi connectivity index (χ1) is 10.1. The molecule has 3 N–H and O–H groups in total. The van der Waals surface area contributed by atoms with Crippen LogP contribution in [0.1, 0.15) is 11.7 Å². The van der Waals surface area contributed by atoms with Gasteiger partial charge in [-0.3, -0.25) is 9.59 Å². The van der Waals surface area contributed by atoms with Gasteiger partial charge in [0.2, 0.25) is 11.8 Å². The van der Waals surface area contributed by atoms with Gasteiger partial charge in [-0.2, -0.15) is 0 Å². The summed E-state index contributed by atoms with van der Waals surface area (Å²) in [4.78, 5) is 22.6. The number of rotatable bonds is 5. The molecular weight excluding hydrogens is 276 g/mol. The van der Waals surface area contributed by atoms with Gasteiger partial charge in [-0.1, -0.05) is 12.1 Å². The van der Waals surface area contributed by atoms with E-state index in [2.05, 4.69) is 10.6 Å². The van der Waals surface area contributed by atoms with E-state index in [0.29, 0.717) is 11.3 Å². The summed E-state index contributed by atoms with van der Waals surface area (Å²) in [6.07, 6.45) is -0.863. The largest absolute Gasteiger partial charge is 0.386 e. The van der Waals surface area contributed by atoms with Crippen LogP contribution in [-0.2, 0) is 19.1 Å². The van der Waals surface area contributed by atoms with Crippen LogP contribution in [0.5, 0.6) is 0 Å². The molecule has 7 nitrogen and oxygen atoms in total. The molecule has 0 bridgehead atoms. The van der Waals surface area contributed by atoms with Crippen LogP contribution in [0.3, 0.4) is 0 Å². The molecule has 1 heterocycles. The van der Waals surface area contributed by atoms with Gasteiger partial charge in [0.25, 0.3) is 0 Å². The molecule has 1 aliphatic rings. The van der Waals surface area contributed by atoms with E-state index in [-0.39, 0.29) is 31.6 Å². The third-order valence-electron chi connectivity index (χ3n) is 3.07. The van der Waals surface area contributed by atoms with Gasteiger partial charge in [-0.15, -0.1) is 0 Å². The number of hydrogen-bond acceptors (Lipinski definition) is 5. The number of nitrogens with one attached hydrogen (secondary N) is 2. The van der Waals surface area contributed by atoms with Crippen molar-refractivity contribution < 1.29 is 24.2 Å². The highest BCUT2D eigenvalue weighted by molar-refractivity contribution is 5.91. The van der Waals surface area contributed by atoms with Crippen molar-refractivity contribution >= 4 is 17.5 Å². The lowest BCUT2D eigenvalue weighted by atomic mass is 10.0. The van der Waals surface area contributed by atoms with E-state index < -0.39 is 12.1 Å². The number of amides is 2. The number of aliphatic hydroxyl groups is 1. The van der Waals surface area contributed by atoms with Gasteiger partial charge in [0.15, 0.2) is 0 Å². The smallest absolute Gasteiger partial charge is 0.250 e. The molecule has 2 amide bonds. The van der Waals surface area contributed by atoms with Crippen LogP contribution >= 0.6 is 0 Å². The van der Waals surface area contributed by atoms with Crippen molar-refractivity contribution in [2.24, 2.45) is 0 Å². The molecule has 1 aromatic rings. The maximum absolute atomic E-state index is 11.4. The molecule has 0 aliphatic carbocycles. The van der Waals surface area contributed by atoms with E-state index in [0.717, 1.165) is 0 Å². The Bertz CT molecular complexity index is 503. The average Bonchev–Trinajstić information content (AvgIpc) is 2.47. The fourth-order valence-electron chi connectivity index (χ4n) is 2.06. The Labute approximate surface area is 122 Å². The minimum Gasteiger partial charge on any atom is -0.386 e. The van der Waals surface area contributed by atoms with Gasteiger partial charge in [-0.05, 0) is 17.7 Å². The van der Waals surface area contributed by atoms with Gasteiger partial charge < -0.3 is 25.2 Å². The van der Waals surface area contributed by atoms with Crippen molar-refractivity contribution in [3.05, 3.63) is 29.8 Å². The lowest BCUT2D eigenvalue weighted by Gasteiger charge is -2.28. The molecule has 2 rings (SSSR count). The zero-order valence-electron chi connectivity index (χ0n) is 11.7. The van der Waals surface area contributed by atoms with E-state index in [1.807, 2.05) is 0 Å². The zero-order valence-corrected chi connectivity index (χ0v) is 11.7. The van der Waals surface area contributed by atoms with Crippen LogP contribution in [0.15, 0.2) is 24.3 Å². The summed E-state index contributed by atoms with van der Waals surface area (Å²) in [5.41, 5.74) is 1.24. The summed E-state index contributed by atoms with van der Waals surface area (Å²) >= 11 is 0. The van der Waals surface area contributed by atoms with E-state index in [4.69, 9.17) is 9.47 Å². The number of carbonyl (C=O) groups is 2. The monoisotopic (exact) mass is 294 g/mol. The maximum atomic E-state index is 11.4. The third kappa shape index (κ3) is 4.25. The Morgan fingerprint density at radius 1 is 1.52 bits per heavy atom. The highest BCUT2D eigenvalue weighted by atomic mass is 16.5. The fourth-order valence-corrected chi connectivity index (χ4v) is 2.06. The second-order valence-electron chi connectivity index (χ2n) is 4.74. The van der Waals surface area contributed by atoms with Gasteiger partial charge in [0, 0.05) is 12.8 Å². The topological polar surface area (TPSA) is 96.9 Å². The van der Waals surface area contributed by atoms with Crippen LogP contribution in [0.2, 0.25) is 0 Å². The molecular formula is C14H18N2O5. The minimum atomic E-state index is -0.863. The summed E-state index contributed by atoms with van der Waals surface area (Å²) in [6.45, 7) is 0.267. The van der Waals surface area contributed by atoms with Gasteiger partial charge >= 0.3 is 0 Å². The number of ether oxygens (including phenoxy) is 2. The molecule has 114 valence electrons. The highest BCUT2D eigenvalue weighted by Crippen LogP contribution is 2.20. The molecule has 1 aliphatic heterocycles. The Morgan fingerprint density at radius 2 is 2.24 bits per heavy atom. The molecule has 7 heteroatoms. The normalized spacial score (nSPS) is 19.7. The van der Waals surface area contributed by atoms with Crippen molar-refractivity contribution in [1.82, 2.24) is 5.32 Å². The summed E-state index contributed by atoms with van der Waals surface area (Å²) in [5, 5.41) is 15.6. The standard InChI is InChI=1S/C14H18N2O5/c1-20-7-12(17)15-10-4-2-9(3-5-10)14(19)11-6-21-8-13(18)16-11/h2-5,11,14,19H,6-8H2,1H3,(H,15,17)(H,16,18). The Kier molecular flexibility index (Phi) is 5.26. The summed E-state index contributed by atoms with van der Waals surface area (Å²) < 4.78 is 9.82. The van der Waals surface area contributed by atoms with Crippen LogP contribution < -0.4 is 10.6 Å². The van der Waals surface area contributed by atoms with Gasteiger partial charge in [0.1, 0.15) is 19.3 Å². The molecule has 0 aromatic heterocycles. The second kappa shape index (κ2) is 7.16. The predicted molar refractivity (Wildman–Crippen MR) is 74.7 cm³/mol. The Morgan fingerprint density at radius 3 is 2.86 bits per heavy atom. The van der Waals surface area contributed by atoms with Crippen molar-refractivity contribution in [3.63, 3.8) is 0 Å². The molecule has 2 atom stereocenters. The van der Waals surface area contributed by atoms with Crippen LogP contribution in [0, 0.1) is 0 Å². The first kappa shape index (κ1) is 15.4. The van der Waals surface area contributed by atoms with Crippen LogP contribution in [-0.4, -0.2) is 49.9 Å². The van der Waals surface area contributed by atoms with Gasteiger partial charge in [0.05, 0.1) is 12.6 Å². The average molecular weight is 294 g/mol. The maximum Gasteiger partial charge on any atom is 0.250 e. The fraction of sp³-hybridized carbons (Fsp3) is 0.429. The van der Waals surface area contributed by atoms with Gasteiger partial charge in [-0.25, -0.2) is 0 Å². The molecule has 1 saturated heterocycles. The van der Waals surface area contributed by atoms with Crippen LogP contribution in [0.25, 0.3) is 0 Å². The SMILES string of the molecule is COCC(=O)Nc1ccc(C(O)C2COCC(=O)N2)cc1. The Hall–Kier alpha value is -1.96. The minimum absolute atomic E-state index is 0.0180. The second-order valence-corrected chi connectivity index (χ2v) is 4.74. The summed E-state index contributed by atoms with van der Waals surface area (Å²) in [5.74, 6) is -0.493. The van der Waals surface area contributed by atoms with E-state index in [1.54, 1.807) is 24.3 Å². The third-order valence-corrected chi connectivity index (χ3v) is 3.07. The number of carbonyl (C=O) groups excluding carboxylic acids is 2. The number of methoxy groups -OCH3 is 1. The van der Waals surface area contributed by atoms with Crippen molar-refractivity contribution in [3.8, 4) is 0 Å². The molecule has 2 unspecified atom stereocenters. The number of anilines is 1. The quantitative estimate of drug-likeness (QED) is 0.700. The van der Waals surface area contributed by atoms with E-state index in [9.17, 15) is 14.7 Å². The van der Waals surface area contributed by atoms with E-state index >= 15 is 0 Å². The number of hydrogen-bond donors (Lipinski definition) is 3. The molecule has 1 fully saturated rings. The predicted octanol–water partition coefficient (Wildman–Crippen LogP) is -0.180. The Balaban J connectivity index is 1.97. The molecule has 1 aromatic carbocycles. The lowest BCUT2D eigenvalue weighted by Crippen LogP contribution is -2.48. The first-order valence-electron chi connectivity index (χ1n) is 6.54. The van der Waals surface area contributed by atoms with Crippen molar-refractivity contribution in [1.29, 1.82) is 0 Å².